The summed E-state index contributed by atoms with van der Waals surface area (Å²) in [5.41, 5.74) is 0.954. The van der Waals surface area contributed by atoms with Crippen molar-refractivity contribution in [2.75, 3.05) is 6.54 Å². The molecule has 116 valence electrons. The van der Waals surface area contributed by atoms with Gasteiger partial charge < -0.3 is 10.4 Å². The van der Waals surface area contributed by atoms with Gasteiger partial charge in [-0.15, -0.1) is 11.3 Å². The third-order valence-electron chi connectivity index (χ3n) is 3.56. The number of hydrogen-bond donors (Lipinski definition) is 2. The van der Waals surface area contributed by atoms with E-state index in [1.165, 1.54) is 11.3 Å². The van der Waals surface area contributed by atoms with Crippen LogP contribution in [0.1, 0.15) is 23.3 Å². The van der Waals surface area contributed by atoms with Crippen LogP contribution in [0.25, 0.3) is 0 Å². The van der Waals surface area contributed by atoms with Crippen LogP contribution in [0.3, 0.4) is 0 Å². The number of aliphatic carboxylic acids is 1. The van der Waals surface area contributed by atoms with Gasteiger partial charge in [-0.1, -0.05) is 36.4 Å². The SMILES string of the molecule is CC(C(=O)NCC(Cc1ccccc1)C(=O)O)c1cccs1. The summed E-state index contributed by atoms with van der Waals surface area (Å²) < 4.78 is 0. The molecule has 1 heterocycles. The van der Waals surface area contributed by atoms with Gasteiger partial charge in [-0.2, -0.15) is 0 Å². The number of hydrogen-bond acceptors (Lipinski definition) is 3. The topological polar surface area (TPSA) is 66.4 Å². The normalized spacial score (nSPS) is 13.3. The van der Waals surface area contributed by atoms with Crippen molar-refractivity contribution in [1.29, 1.82) is 0 Å². The van der Waals surface area contributed by atoms with Gasteiger partial charge >= 0.3 is 5.97 Å². The highest BCUT2D eigenvalue weighted by atomic mass is 32.1. The van der Waals surface area contributed by atoms with Crippen LogP contribution in [0.15, 0.2) is 47.8 Å². The number of carbonyl (C=O) groups excluding carboxylic acids is 1. The van der Waals surface area contributed by atoms with Crippen LogP contribution in [-0.2, 0) is 16.0 Å². The van der Waals surface area contributed by atoms with E-state index in [0.29, 0.717) is 6.42 Å². The fourth-order valence-corrected chi connectivity index (χ4v) is 2.97. The lowest BCUT2D eigenvalue weighted by atomic mass is 9.99. The molecule has 0 aliphatic heterocycles. The molecule has 4 nitrogen and oxygen atoms in total. The smallest absolute Gasteiger partial charge is 0.308 e. The summed E-state index contributed by atoms with van der Waals surface area (Å²) >= 11 is 1.53. The van der Waals surface area contributed by atoms with Gasteiger partial charge in [0.1, 0.15) is 0 Å². The zero-order chi connectivity index (χ0) is 15.9. The average molecular weight is 317 g/mol. The molecule has 0 radical (unpaired) electrons. The fourth-order valence-electron chi connectivity index (χ4n) is 2.19. The number of nitrogens with one attached hydrogen (secondary N) is 1. The third-order valence-corrected chi connectivity index (χ3v) is 4.62. The van der Waals surface area contributed by atoms with Crippen LogP contribution in [0.4, 0.5) is 0 Å². The van der Waals surface area contributed by atoms with E-state index in [4.69, 9.17) is 0 Å². The number of carboxylic acid groups (broad SMARTS) is 1. The molecular weight excluding hydrogens is 298 g/mol. The largest absolute Gasteiger partial charge is 0.481 e. The summed E-state index contributed by atoms with van der Waals surface area (Å²) in [7, 11) is 0. The maximum atomic E-state index is 12.1. The van der Waals surface area contributed by atoms with Gasteiger partial charge in [-0.05, 0) is 30.4 Å². The zero-order valence-electron chi connectivity index (χ0n) is 12.4. The molecule has 0 aliphatic rings. The summed E-state index contributed by atoms with van der Waals surface area (Å²) in [5.74, 6) is -1.91. The van der Waals surface area contributed by atoms with Gasteiger partial charge in [0.2, 0.25) is 5.91 Å². The summed E-state index contributed by atoms with van der Waals surface area (Å²) in [6.45, 7) is 1.97. The van der Waals surface area contributed by atoms with Crippen LogP contribution < -0.4 is 5.32 Å². The van der Waals surface area contributed by atoms with Crippen molar-refractivity contribution in [3.63, 3.8) is 0 Å². The molecule has 0 bridgehead atoms. The highest BCUT2D eigenvalue weighted by Crippen LogP contribution is 2.20. The molecule has 2 atom stereocenters. The Bertz CT molecular complexity index is 610. The minimum Gasteiger partial charge on any atom is -0.481 e. The number of carboxylic acids is 1. The van der Waals surface area contributed by atoms with Crippen LogP contribution in [0.5, 0.6) is 0 Å². The molecule has 2 N–H and O–H groups in total. The fraction of sp³-hybridized carbons (Fsp3) is 0.294. The predicted molar refractivity (Wildman–Crippen MR) is 87.0 cm³/mol. The average Bonchev–Trinajstić information content (AvgIpc) is 3.05. The lowest BCUT2D eigenvalue weighted by Gasteiger charge is -2.15. The molecule has 0 fully saturated rings. The monoisotopic (exact) mass is 317 g/mol. The molecule has 2 unspecified atom stereocenters. The number of thiophene rings is 1. The first kappa shape index (κ1) is 16.2. The van der Waals surface area contributed by atoms with E-state index in [9.17, 15) is 14.7 Å². The Kier molecular flexibility index (Phi) is 5.72. The van der Waals surface area contributed by atoms with Crippen LogP contribution in [-0.4, -0.2) is 23.5 Å². The van der Waals surface area contributed by atoms with E-state index in [1.807, 2.05) is 54.8 Å². The lowest BCUT2D eigenvalue weighted by molar-refractivity contribution is -0.141. The molecule has 1 aromatic heterocycles. The minimum atomic E-state index is -0.895. The molecule has 0 saturated carbocycles. The number of carbonyl (C=O) groups is 2. The van der Waals surface area contributed by atoms with E-state index in [-0.39, 0.29) is 18.4 Å². The maximum Gasteiger partial charge on any atom is 0.308 e. The van der Waals surface area contributed by atoms with Crippen molar-refractivity contribution in [2.45, 2.75) is 19.3 Å². The molecule has 1 aromatic carbocycles. The number of rotatable bonds is 7. The minimum absolute atomic E-state index is 0.137. The molecule has 0 saturated heterocycles. The van der Waals surface area contributed by atoms with Crippen LogP contribution in [0, 0.1) is 5.92 Å². The van der Waals surface area contributed by atoms with Gasteiger partial charge in [0.25, 0.3) is 0 Å². The summed E-state index contributed by atoms with van der Waals surface area (Å²) in [6, 6.07) is 13.3. The molecule has 22 heavy (non-hydrogen) atoms. The van der Waals surface area contributed by atoms with Crippen LogP contribution in [0.2, 0.25) is 0 Å². The molecular formula is C17H19NO3S. The van der Waals surface area contributed by atoms with Gasteiger partial charge in [0.15, 0.2) is 0 Å². The van der Waals surface area contributed by atoms with Crippen molar-refractivity contribution in [3.8, 4) is 0 Å². The summed E-state index contributed by atoms with van der Waals surface area (Å²) in [6.07, 6.45) is 0.407. The lowest BCUT2D eigenvalue weighted by Crippen LogP contribution is -2.36. The Morgan fingerprint density at radius 1 is 1.18 bits per heavy atom. The number of amides is 1. The standard InChI is InChI=1S/C17H19NO3S/c1-12(15-8-5-9-22-15)16(19)18-11-14(17(20)21)10-13-6-3-2-4-7-13/h2-9,12,14H,10-11H2,1H3,(H,18,19)(H,20,21). The summed E-state index contributed by atoms with van der Waals surface area (Å²) in [5, 5.41) is 14.0. The first-order chi connectivity index (χ1) is 10.6. The molecule has 0 spiro atoms. The Balaban J connectivity index is 1.92. The molecule has 2 aromatic rings. The first-order valence-electron chi connectivity index (χ1n) is 7.15. The highest BCUT2D eigenvalue weighted by molar-refractivity contribution is 7.10. The Morgan fingerprint density at radius 2 is 1.91 bits per heavy atom. The van der Waals surface area contributed by atoms with Crippen molar-refractivity contribution in [2.24, 2.45) is 5.92 Å². The Labute approximate surface area is 133 Å². The van der Waals surface area contributed by atoms with E-state index in [2.05, 4.69) is 5.32 Å². The second-order valence-corrected chi connectivity index (χ2v) is 6.19. The molecule has 1 amide bonds. The quantitative estimate of drug-likeness (QED) is 0.825. The van der Waals surface area contributed by atoms with E-state index in [0.717, 1.165) is 10.4 Å². The van der Waals surface area contributed by atoms with E-state index >= 15 is 0 Å². The van der Waals surface area contributed by atoms with Gasteiger partial charge in [-0.3, -0.25) is 9.59 Å². The molecule has 2 rings (SSSR count). The van der Waals surface area contributed by atoms with Gasteiger partial charge in [0.05, 0.1) is 11.8 Å². The zero-order valence-corrected chi connectivity index (χ0v) is 13.2. The van der Waals surface area contributed by atoms with E-state index < -0.39 is 11.9 Å². The van der Waals surface area contributed by atoms with Crippen molar-refractivity contribution >= 4 is 23.2 Å². The van der Waals surface area contributed by atoms with Gasteiger partial charge in [0, 0.05) is 11.4 Å². The summed E-state index contributed by atoms with van der Waals surface area (Å²) in [4.78, 5) is 24.5. The number of benzene rings is 1. The second-order valence-electron chi connectivity index (χ2n) is 5.21. The van der Waals surface area contributed by atoms with Gasteiger partial charge in [-0.25, -0.2) is 0 Å². The Morgan fingerprint density at radius 3 is 2.50 bits per heavy atom. The Hall–Kier alpha value is -2.14. The predicted octanol–water partition coefficient (Wildman–Crippen LogP) is 2.91. The third kappa shape index (κ3) is 4.43. The van der Waals surface area contributed by atoms with Crippen molar-refractivity contribution in [3.05, 3.63) is 58.3 Å². The van der Waals surface area contributed by atoms with E-state index in [1.54, 1.807) is 0 Å². The second kappa shape index (κ2) is 7.75. The first-order valence-corrected chi connectivity index (χ1v) is 8.03. The molecule has 5 heteroatoms. The highest BCUT2D eigenvalue weighted by Gasteiger charge is 2.21. The van der Waals surface area contributed by atoms with Crippen molar-refractivity contribution in [1.82, 2.24) is 5.32 Å². The van der Waals surface area contributed by atoms with Crippen molar-refractivity contribution < 1.29 is 14.7 Å². The molecule has 0 aliphatic carbocycles. The maximum absolute atomic E-state index is 12.1. The van der Waals surface area contributed by atoms with Crippen LogP contribution >= 0.6 is 11.3 Å².